The Labute approximate surface area is 117 Å². The molecule has 2 heterocycles. The molecule has 0 aromatic carbocycles. The van der Waals surface area contributed by atoms with E-state index in [2.05, 4.69) is 4.98 Å². The molecular formula is C15H27N3O. The van der Waals surface area contributed by atoms with Crippen LogP contribution in [0.4, 0.5) is 10.5 Å². The van der Waals surface area contributed by atoms with E-state index in [1.165, 1.54) is 5.56 Å². The molecule has 0 aliphatic carbocycles. The maximum atomic E-state index is 11.9. The molecule has 0 unspecified atom stereocenters. The highest BCUT2D eigenvalue weighted by atomic mass is 16.2. The Bertz CT molecular complexity index is 402. The summed E-state index contributed by atoms with van der Waals surface area (Å²) in [5.74, 6) is 0. The first-order valence-corrected chi connectivity index (χ1v) is 7.04. The minimum atomic E-state index is 0.0411. The number of amides is 2. The van der Waals surface area contributed by atoms with Crippen molar-refractivity contribution < 1.29 is 4.79 Å². The second-order valence-corrected chi connectivity index (χ2v) is 3.97. The molecule has 1 aliphatic rings. The van der Waals surface area contributed by atoms with Crippen molar-refractivity contribution in [2.45, 2.75) is 41.0 Å². The van der Waals surface area contributed by atoms with Crippen LogP contribution in [0.1, 0.15) is 39.0 Å². The van der Waals surface area contributed by atoms with Crippen molar-refractivity contribution in [3.8, 4) is 0 Å². The number of urea groups is 1. The van der Waals surface area contributed by atoms with Gasteiger partial charge in [0.1, 0.15) is 0 Å². The summed E-state index contributed by atoms with van der Waals surface area (Å²) in [4.78, 5) is 19.5. The van der Waals surface area contributed by atoms with E-state index in [0.29, 0.717) is 0 Å². The molecule has 0 atom stereocenters. The predicted octanol–water partition coefficient (Wildman–Crippen LogP) is 3.49. The van der Waals surface area contributed by atoms with E-state index in [9.17, 15) is 4.79 Å². The van der Waals surface area contributed by atoms with Crippen molar-refractivity contribution in [3.05, 3.63) is 23.5 Å². The third-order valence-electron chi connectivity index (χ3n) is 2.74. The smallest absolute Gasteiger partial charge is 0.323 e. The van der Waals surface area contributed by atoms with E-state index in [4.69, 9.17) is 0 Å². The van der Waals surface area contributed by atoms with Crippen LogP contribution < -0.4 is 4.90 Å². The molecule has 2 rings (SSSR count). The third-order valence-corrected chi connectivity index (χ3v) is 2.74. The van der Waals surface area contributed by atoms with E-state index in [-0.39, 0.29) is 6.03 Å². The lowest BCUT2D eigenvalue weighted by Crippen LogP contribution is -2.38. The Morgan fingerprint density at radius 1 is 1.26 bits per heavy atom. The number of fused-ring (bicyclic) bond motifs is 1. The number of rotatable bonds is 0. The van der Waals surface area contributed by atoms with Gasteiger partial charge in [-0.05, 0) is 25.0 Å². The monoisotopic (exact) mass is 265 g/mol. The topological polar surface area (TPSA) is 36.4 Å². The minimum absolute atomic E-state index is 0.0411. The van der Waals surface area contributed by atoms with Gasteiger partial charge < -0.3 is 4.90 Å². The first-order valence-electron chi connectivity index (χ1n) is 7.04. The van der Waals surface area contributed by atoms with Gasteiger partial charge in [-0.1, -0.05) is 27.7 Å². The zero-order valence-corrected chi connectivity index (χ0v) is 13.3. The fraction of sp³-hybridized carbons (Fsp3) is 0.600. The van der Waals surface area contributed by atoms with Crippen molar-refractivity contribution in [2.24, 2.45) is 0 Å². The van der Waals surface area contributed by atoms with Gasteiger partial charge in [0.25, 0.3) is 0 Å². The van der Waals surface area contributed by atoms with Gasteiger partial charge in [0.05, 0.1) is 5.69 Å². The molecule has 0 fully saturated rings. The molecule has 108 valence electrons. The highest BCUT2D eigenvalue weighted by Gasteiger charge is 2.26. The summed E-state index contributed by atoms with van der Waals surface area (Å²) in [7, 11) is 3.54. The Morgan fingerprint density at radius 2 is 1.84 bits per heavy atom. The average Bonchev–Trinajstić information content (AvgIpc) is 2.87. The lowest BCUT2D eigenvalue weighted by molar-refractivity contribution is 0.224. The number of carbonyl (C=O) groups is 1. The van der Waals surface area contributed by atoms with Crippen LogP contribution in [-0.4, -0.2) is 36.6 Å². The van der Waals surface area contributed by atoms with Crippen LogP contribution in [0.2, 0.25) is 0 Å². The summed E-state index contributed by atoms with van der Waals surface area (Å²) >= 11 is 0. The minimum Gasteiger partial charge on any atom is -0.330 e. The molecule has 0 spiro atoms. The Balaban J connectivity index is 0.000000741. The second-order valence-electron chi connectivity index (χ2n) is 3.97. The predicted molar refractivity (Wildman–Crippen MR) is 81.8 cm³/mol. The summed E-state index contributed by atoms with van der Waals surface area (Å²) < 4.78 is 0. The van der Waals surface area contributed by atoms with Gasteiger partial charge in [0, 0.05) is 32.5 Å². The molecule has 1 aliphatic heterocycles. The highest BCUT2D eigenvalue weighted by molar-refractivity contribution is 5.94. The van der Waals surface area contributed by atoms with Crippen molar-refractivity contribution in [3.63, 3.8) is 0 Å². The van der Waals surface area contributed by atoms with E-state index in [1.54, 1.807) is 25.2 Å². The molecule has 1 aromatic rings. The van der Waals surface area contributed by atoms with Gasteiger partial charge in [-0.25, -0.2) is 4.79 Å². The molecular weight excluding hydrogens is 238 g/mol. The highest BCUT2D eigenvalue weighted by Crippen LogP contribution is 2.29. The standard InChI is InChI=1S/C11H15N3O.2C2H6/c1-8-9-5-7-14(11(15)13(2)3)10(9)4-6-12-8;2*1-2/h4,6H,5,7H2,1-3H3;2*1-2H3. The van der Waals surface area contributed by atoms with Gasteiger partial charge in [-0.15, -0.1) is 0 Å². The summed E-state index contributed by atoms with van der Waals surface area (Å²) in [5, 5.41) is 0. The molecule has 0 bridgehead atoms. The van der Waals surface area contributed by atoms with E-state index in [1.807, 2.05) is 45.6 Å². The summed E-state index contributed by atoms with van der Waals surface area (Å²) in [6.45, 7) is 10.8. The number of carbonyl (C=O) groups excluding carboxylic acids is 1. The molecule has 1 aromatic heterocycles. The molecule has 4 nitrogen and oxygen atoms in total. The second kappa shape index (κ2) is 8.51. The van der Waals surface area contributed by atoms with Gasteiger partial charge in [0.2, 0.25) is 0 Å². The van der Waals surface area contributed by atoms with Gasteiger partial charge in [-0.2, -0.15) is 0 Å². The summed E-state index contributed by atoms with van der Waals surface area (Å²) in [6.07, 6.45) is 2.67. The molecule has 0 saturated heterocycles. The van der Waals surface area contributed by atoms with E-state index < -0.39 is 0 Å². The van der Waals surface area contributed by atoms with Crippen molar-refractivity contribution >= 4 is 11.7 Å². The largest absolute Gasteiger partial charge is 0.330 e. The number of pyridine rings is 1. The number of aromatic nitrogens is 1. The Hall–Kier alpha value is -1.58. The lowest BCUT2D eigenvalue weighted by atomic mass is 10.1. The van der Waals surface area contributed by atoms with Crippen LogP contribution >= 0.6 is 0 Å². The van der Waals surface area contributed by atoms with Crippen LogP contribution in [-0.2, 0) is 6.42 Å². The van der Waals surface area contributed by atoms with Gasteiger partial charge in [-0.3, -0.25) is 9.88 Å². The zero-order valence-electron chi connectivity index (χ0n) is 13.3. The fourth-order valence-electron chi connectivity index (χ4n) is 1.93. The number of anilines is 1. The van der Waals surface area contributed by atoms with Crippen molar-refractivity contribution in [1.82, 2.24) is 9.88 Å². The maximum absolute atomic E-state index is 11.9. The van der Waals surface area contributed by atoms with Crippen LogP contribution in [0.3, 0.4) is 0 Å². The maximum Gasteiger partial charge on any atom is 0.323 e. The van der Waals surface area contributed by atoms with Gasteiger partial charge in [0.15, 0.2) is 0 Å². The number of aryl methyl sites for hydroxylation is 1. The van der Waals surface area contributed by atoms with Crippen LogP contribution in [0.25, 0.3) is 0 Å². The molecule has 4 heteroatoms. The molecule has 0 N–H and O–H groups in total. The third kappa shape index (κ3) is 3.94. The van der Waals surface area contributed by atoms with Crippen LogP contribution in [0.5, 0.6) is 0 Å². The normalized spacial score (nSPS) is 11.6. The SMILES string of the molecule is CC.CC.Cc1nccc2c1CCN2C(=O)N(C)C. The number of hydrogen-bond donors (Lipinski definition) is 0. The van der Waals surface area contributed by atoms with Gasteiger partial charge >= 0.3 is 6.03 Å². The molecule has 19 heavy (non-hydrogen) atoms. The quantitative estimate of drug-likeness (QED) is 0.720. The first-order chi connectivity index (χ1) is 9.11. The summed E-state index contributed by atoms with van der Waals surface area (Å²) in [5.41, 5.74) is 3.25. The van der Waals surface area contributed by atoms with Crippen molar-refractivity contribution in [1.29, 1.82) is 0 Å². The van der Waals surface area contributed by atoms with E-state index in [0.717, 1.165) is 24.3 Å². The zero-order chi connectivity index (χ0) is 15.0. The Kier molecular flexibility index (Phi) is 7.80. The van der Waals surface area contributed by atoms with Crippen LogP contribution in [0, 0.1) is 6.92 Å². The molecule has 2 amide bonds. The fourth-order valence-corrected chi connectivity index (χ4v) is 1.93. The van der Waals surface area contributed by atoms with E-state index >= 15 is 0 Å². The number of nitrogens with zero attached hydrogens (tertiary/aromatic N) is 3. The average molecular weight is 265 g/mol. The molecule has 0 radical (unpaired) electrons. The number of hydrogen-bond acceptors (Lipinski definition) is 2. The van der Waals surface area contributed by atoms with Crippen molar-refractivity contribution in [2.75, 3.05) is 25.5 Å². The lowest BCUT2D eigenvalue weighted by Gasteiger charge is -2.21. The molecule has 0 saturated carbocycles. The van der Waals surface area contributed by atoms with Crippen LogP contribution in [0.15, 0.2) is 12.3 Å². The summed E-state index contributed by atoms with van der Waals surface area (Å²) in [6, 6.07) is 1.95. The first kappa shape index (κ1) is 17.4. The Morgan fingerprint density at radius 3 is 2.37 bits per heavy atom.